The van der Waals surface area contributed by atoms with E-state index in [1.54, 1.807) is 31.2 Å². The summed E-state index contributed by atoms with van der Waals surface area (Å²) < 4.78 is 20.6. The van der Waals surface area contributed by atoms with Gasteiger partial charge in [0.05, 0.1) is 12.2 Å². The van der Waals surface area contributed by atoms with E-state index in [1.165, 1.54) is 6.08 Å². The van der Waals surface area contributed by atoms with Crippen LogP contribution in [0.5, 0.6) is 11.5 Å². The number of hydrogen-bond donors (Lipinski definition) is 1. The van der Waals surface area contributed by atoms with Crippen molar-refractivity contribution in [1.29, 1.82) is 5.26 Å². The number of thiophene rings is 1. The second-order valence-electron chi connectivity index (χ2n) is 5.54. The summed E-state index contributed by atoms with van der Waals surface area (Å²) in [5, 5.41) is 9.44. The van der Waals surface area contributed by atoms with Gasteiger partial charge in [-0.3, -0.25) is 0 Å². The minimum Gasteiger partial charge on any atom is -0.462 e. The summed E-state index contributed by atoms with van der Waals surface area (Å²) in [6.07, 6.45) is 2.80. The Labute approximate surface area is 164 Å². The summed E-state index contributed by atoms with van der Waals surface area (Å²) in [5.41, 5.74) is 6.87. The minimum atomic E-state index is -0.638. The lowest BCUT2D eigenvalue weighted by Gasteiger charge is -2.05. The van der Waals surface area contributed by atoms with Crippen LogP contribution in [-0.4, -0.2) is 25.3 Å². The van der Waals surface area contributed by atoms with E-state index < -0.39 is 11.9 Å². The van der Waals surface area contributed by atoms with Crippen LogP contribution >= 0.6 is 11.3 Å². The molecule has 0 amide bonds. The van der Waals surface area contributed by atoms with E-state index in [2.05, 4.69) is 0 Å². The number of nitrogens with two attached hydrogens (primary N) is 1. The highest BCUT2D eigenvalue weighted by Gasteiger charge is 2.23. The lowest BCUT2D eigenvalue weighted by Crippen LogP contribution is -2.08. The third-order valence-electron chi connectivity index (χ3n) is 3.77. The first-order chi connectivity index (χ1) is 13.5. The molecule has 8 nitrogen and oxygen atoms in total. The van der Waals surface area contributed by atoms with Crippen molar-refractivity contribution in [2.75, 3.05) is 19.1 Å². The lowest BCUT2D eigenvalue weighted by atomic mass is 10.1. The van der Waals surface area contributed by atoms with Crippen molar-refractivity contribution in [3.05, 3.63) is 45.8 Å². The molecule has 144 valence electrons. The van der Waals surface area contributed by atoms with Crippen LogP contribution in [0.4, 0.5) is 5.00 Å². The van der Waals surface area contributed by atoms with Gasteiger partial charge in [-0.05, 0) is 30.7 Å². The molecule has 1 aromatic carbocycles. The number of carbonyl (C=O) groups is 2. The van der Waals surface area contributed by atoms with Gasteiger partial charge >= 0.3 is 11.9 Å². The predicted molar refractivity (Wildman–Crippen MR) is 101 cm³/mol. The summed E-state index contributed by atoms with van der Waals surface area (Å²) in [5.74, 6) is -0.00362. The van der Waals surface area contributed by atoms with Crippen molar-refractivity contribution in [2.45, 2.75) is 13.5 Å². The molecule has 1 aromatic heterocycles. The number of nitrogen functional groups attached to an aromatic ring is 1. The molecule has 0 saturated heterocycles. The Balaban J connectivity index is 1.69. The summed E-state index contributed by atoms with van der Waals surface area (Å²) in [4.78, 5) is 24.2. The number of ether oxygens (including phenoxy) is 4. The Morgan fingerprint density at radius 1 is 1.32 bits per heavy atom. The molecule has 28 heavy (non-hydrogen) atoms. The van der Waals surface area contributed by atoms with Gasteiger partial charge in [0.2, 0.25) is 6.79 Å². The quantitative estimate of drug-likeness (QED) is 0.580. The average molecular weight is 400 g/mol. The number of nitrogens with zero attached hydrogens (tertiary/aromatic N) is 1. The Hall–Kier alpha value is -3.51. The molecule has 2 aromatic rings. The summed E-state index contributed by atoms with van der Waals surface area (Å²) in [6, 6.07) is 7.17. The summed E-state index contributed by atoms with van der Waals surface area (Å²) >= 11 is 0.933. The molecule has 0 fully saturated rings. The first-order valence-corrected chi connectivity index (χ1v) is 9.08. The van der Waals surface area contributed by atoms with Gasteiger partial charge in [-0.2, -0.15) is 5.26 Å². The third kappa shape index (κ3) is 4.07. The zero-order chi connectivity index (χ0) is 20.1. The maximum absolute atomic E-state index is 12.0. The smallest absolute Gasteiger partial charge is 0.348 e. The number of fused-ring (bicyclic) bond motifs is 1. The van der Waals surface area contributed by atoms with E-state index in [4.69, 9.17) is 24.7 Å². The Morgan fingerprint density at radius 2 is 2.11 bits per heavy atom. The van der Waals surface area contributed by atoms with Crippen molar-refractivity contribution in [3.63, 3.8) is 0 Å². The van der Waals surface area contributed by atoms with Crippen molar-refractivity contribution < 1.29 is 28.5 Å². The molecule has 0 bridgehead atoms. The van der Waals surface area contributed by atoms with Gasteiger partial charge in [0.1, 0.15) is 22.6 Å². The Kier molecular flexibility index (Phi) is 5.81. The van der Waals surface area contributed by atoms with E-state index in [9.17, 15) is 14.9 Å². The average Bonchev–Trinajstić information content (AvgIpc) is 3.28. The SMILES string of the molecule is CCOC(=O)c1sc(N)c(C#N)c1COC(=O)/C=C/c1ccc2c(c1)OCO2. The molecule has 9 heteroatoms. The number of carbonyl (C=O) groups excluding carboxylic acids is 2. The van der Waals surface area contributed by atoms with E-state index >= 15 is 0 Å². The first kappa shape index (κ1) is 19.3. The zero-order valence-corrected chi connectivity index (χ0v) is 15.7. The number of nitriles is 1. The zero-order valence-electron chi connectivity index (χ0n) is 14.9. The fourth-order valence-electron chi connectivity index (χ4n) is 2.48. The van der Waals surface area contributed by atoms with Crippen LogP contribution in [0.15, 0.2) is 24.3 Å². The molecule has 0 saturated carbocycles. The van der Waals surface area contributed by atoms with Gasteiger partial charge in [0, 0.05) is 11.6 Å². The second-order valence-corrected chi connectivity index (χ2v) is 6.59. The highest BCUT2D eigenvalue weighted by Crippen LogP contribution is 2.33. The Bertz CT molecular complexity index is 989. The topological polar surface area (TPSA) is 121 Å². The predicted octanol–water partition coefficient (Wildman–Crippen LogP) is 2.86. The largest absolute Gasteiger partial charge is 0.462 e. The van der Waals surface area contributed by atoms with Gasteiger partial charge in [-0.25, -0.2) is 9.59 Å². The fourth-order valence-corrected chi connectivity index (χ4v) is 3.40. The van der Waals surface area contributed by atoms with Crippen LogP contribution in [0.3, 0.4) is 0 Å². The normalized spacial score (nSPS) is 12.0. The highest BCUT2D eigenvalue weighted by molar-refractivity contribution is 7.18. The second kappa shape index (κ2) is 8.45. The van der Waals surface area contributed by atoms with Crippen LogP contribution in [0.25, 0.3) is 6.08 Å². The maximum atomic E-state index is 12.0. The molecule has 0 atom stereocenters. The van der Waals surface area contributed by atoms with Gasteiger partial charge in [-0.15, -0.1) is 11.3 Å². The molecule has 0 spiro atoms. The summed E-state index contributed by atoms with van der Waals surface area (Å²) in [6.45, 7) is 1.74. The molecule has 0 radical (unpaired) electrons. The highest BCUT2D eigenvalue weighted by atomic mass is 32.1. The van der Waals surface area contributed by atoms with Crippen LogP contribution in [0.2, 0.25) is 0 Å². The molecule has 2 heterocycles. The van der Waals surface area contributed by atoms with E-state index in [0.717, 1.165) is 16.9 Å². The van der Waals surface area contributed by atoms with E-state index in [-0.39, 0.29) is 41.0 Å². The lowest BCUT2D eigenvalue weighted by molar-refractivity contribution is -0.138. The van der Waals surface area contributed by atoms with Crippen molar-refractivity contribution in [2.24, 2.45) is 0 Å². The number of hydrogen-bond acceptors (Lipinski definition) is 9. The summed E-state index contributed by atoms with van der Waals surface area (Å²) in [7, 11) is 0. The maximum Gasteiger partial charge on any atom is 0.348 e. The molecule has 1 aliphatic heterocycles. The standard InChI is InChI=1S/C19H16N2O6S/c1-2-24-19(23)17-13(12(8-20)18(21)28-17)9-25-16(22)6-4-11-3-5-14-15(7-11)27-10-26-14/h3-7H,2,9-10,21H2,1H3/b6-4+. The molecular formula is C19H16N2O6S. The molecule has 0 unspecified atom stereocenters. The van der Waals surface area contributed by atoms with Crippen LogP contribution in [0, 0.1) is 11.3 Å². The number of rotatable bonds is 6. The van der Waals surface area contributed by atoms with Crippen molar-refractivity contribution in [3.8, 4) is 17.6 Å². The molecule has 0 aliphatic carbocycles. The molecule has 2 N–H and O–H groups in total. The monoisotopic (exact) mass is 400 g/mol. The van der Waals surface area contributed by atoms with Gasteiger partial charge < -0.3 is 24.7 Å². The molecular weight excluding hydrogens is 384 g/mol. The van der Waals surface area contributed by atoms with Gasteiger partial charge in [-0.1, -0.05) is 6.07 Å². The van der Waals surface area contributed by atoms with E-state index in [0.29, 0.717) is 11.5 Å². The fraction of sp³-hybridized carbons (Fsp3) is 0.211. The number of esters is 2. The first-order valence-electron chi connectivity index (χ1n) is 8.26. The number of anilines is 1. The molecule has 1 aliphatic rings. The van der Waals surface area contributed by atoms with Crippen LogP contribution in [-0.2, 0) is 20.9 Å². The number of benzene rings is 1. The molecule has 3 rings (SSSR count). The van der Waals surface area contributed by atoms with Gasteiger partial charge in [0.25, 0.3) is 0 Å². The van der Waals surface area contributed by atoms with E-state index in [1.807, 2.05) is 6.07 Å². The Morgan fingerprint density at radius 3 is 2.86 bits per heavy atom. The van der Waals surface area contributed by atoms with Crippen LogP contribution in [0.1, 0.15) is 33.3 Å². The third-order valence-corrected chi connectivity index (χ3v) is 4.82. The van der Waals surface area contributed by atoms with Crippen LogP contribution < -0.4 is 15.2 Å². The van der Waals surface area contributed by atoms with Crippen molar-refractivity contribution in [1.82, 2.24) is 0 Å². The van der Waals surface area contributed by atoms with Gasteiger partial charge in [0.15, 0.2) is 11.5 Å². The van der Waals surface area contributed by atoms with Crippen molar-refractivity contribution >= 4 is 34.4 Å². The minimum absolute atomic E-state index is 0.112.